The maximum Gasteiger partial charge on any atom is 0.296 e. The third-order valence-corrected chi connectivity index (χ3v) is 5.26. The number of pyridine rings is 2. The third kappa shape index (κ3) is 3.77. The van der Waals surface area contributed by atoms with Crippen LogP contribution in [-0.2, 0) is 16.1 Å². The standard InChI is InChI=1S/C24H21N3O4/c1-15-13-17(31-2)9-10-18(15)22(28)20-21(19-8-4-6-12-26-19)27(24(30)23(20)29)14-16-7-3-5-11-25-16/h3-13,21,28H,14H2,1-2H3/b22-20-. The molecule has 1 aromatic carbocycles. The van der Waals surface area contributed by atoms with Crippen molar-refractivity contribution in [3.63, 3.8) is 0 Å². The highest BCUT2D eigenvalue weighted by atomic mass is 16.5. The van der Waals surface area contributed by atoms with Crippen molar-refractivity contribution in [2.75, 3.05) is 7.11 Å². The second-order valence-corrected chi connectivity index (χ2v) is 7.18. The van der Waals surface area contributed by atoms with Crippen molar-refractivity contribution in [3.8, 4) is 5.75 Å². The Bertz CT molecular complexity index is 1160. The molecule has 1 atom stereocenters. The number of hydrogen-bond donors (Lipinski definition) is 1. The number of aromatic nitrogens is 2. The van der Waals surface area contributed by atoms with Gasteiger partial charge < -0.3 is 14.7 Å². The molecule has 3 heterocycles. The van der Waals surface area contributed by atoms with Gasteiger partial charge in [-0.3, -0.25) is 19.6 Å². The van der Waals surface area contributed by atoms with Crippen LogP contribution in [0.25, 0.3) is 5.76 Å². The molecule has 156 valence electrons. The smallest absolute Gasteiger partial charge is 0.296 e. The quantitative estimate of drug-likeness (QED) is 0.390. The average molecular weight is 415 g/mol. The van der Waals surface area contributed by atoms with Crippen LogP contribution in [0.4, 0.5) is 0 Å². The van der Waals surface area contributed by atoms with Crippen LogP contribution < -0.4 is 4.74 Å². The molecule has 0 saturated carbocycles. The zero-order valence-corrected chi connectivity index (χ0v) is 17.1. The zero-order valence-electron chi connectivity index (χ0n) is 17.1. The number of benzene rings is 1. The number of amides is 1. The Hall–Kier alpha value is -4.00. The predicted molar refractivity (Wildman–Crippen MR) is 114 cm³/mol. The number of aliphatic hydroxyl groups is 1. The predicted octanol–water partition coefficient (Wildman–Crippen LogP) is 3.42. The molecule has 7 nitrogen and oxygen atoms in total. The summed E-state index contributed by atoms with van der Waals surface area (Å²) in [6.07, 6.45) is 3.22. The van der Waals surface area contributed by atoms with Crippen LogP contribution in [0.5, 0.6) is 5.75 Å². The van der Waals surface area contributed by atoms with Crippen molar-refractivity contribution in [1.82, 2.24) is 14.9 Å². The minimum atomic E-state index is -0.829. The van der Waals surface area contributed by atoms with Crippen LogP contribution in [0, 0.1) is 6.92 Å². The molecule has 3 aromatic rings. The van der Waals surface area contributed by atoms with E-state index in [2.05, 4.69) is 9.97 Å². The number of carbonyl (C=O) groups excluding carboxylic acids is 2. The lowest BCUT2D eigenvalue weighted by Gasteiger charge is -2.24. The summed E-state index contributed by atoms with van der Waals surface area (Å²) in [5.41, 5.74) is 2.30. The van der Waals surface area contributed by atoms with Crippen molar-refractivity contribution < 1.29 is 19.4 Å². The average Bonchev–Trinajstić information content (AvgIpc) is 3.04. The van der Waals surface area contributed by atoms with Crippen molar-refractivity contribution >= 4 is 17.4 Å². The Morgan fingerprint density at radius 1 is 1.06 bits per heavy atom. The number of aliphatic hydroxyl groups excluding tert-OH is 1. The SMILES string of the molecule is COc1ccc(/C(O)=C2/C(=O)C(=O)N(Cc3ccccn3)C2c2ccccn2)c(C)c1. The molecule has 1 saturated heterocycles. The number of hydrogen-bond acceptors (Lipinski definition) is 6. The first-order chi connectivity index (χ1) is 15.0. The van der Waals surface area contributed by atoms with Crippen LogP contribution in [0.1, 0.15) is 28.6 Å². The number of ketones is 1. The molecule has 1 aliphatic heterocycles. The molecule has 2 aromatic heterocycles. The number of Topliss-reactive ketones (excluding diaryl/α,β-unsaturated/α-hetero) is 1. The van der Waals surface area contributed by atoms with Crippen molar-refractivity contribution in [2.45, 2.75) is 19.5 Å². The van der Waals surface area contributed by atoms with Gasteiger partial charge in [-0.25, -0.2) is 0 Å². The highest BCUT2D eigenvalue weighted by molar-refractivity contribution is 6.46. The van der Waals surface area contributed by atoms with E-state index >= 15 is 0 Å². The highest BCUT2D eigenvalue weighted by Crippen LogP contribution is 2.40. The van der Waals surface area contributed by atoms with Gasteiger partial charge in [0.1, 0.15) is 17.6 Å². The number of nitrogens with zero attached hydrogens (tertiary/aromatic N) is 3. The maximum atomic E-state index is 13.1. The molecule has 7 heteroatoms. The fourth-order valence-corrected chi connectivity index (χ4v) is 3.73. The minimum absolute atomic E-state index is 0.00731. The Kier molecular flexibility index (Phi) is 5.49. The summed E-state index contributed by atoms with van der Waals surface area (Å²) >= 11 is 0. The number of carbonyl (C=O) groups is 2. The van der Waals surface area contributed by atoms with Crippen LogP contribution >= 0.6 is 0 Å². The van der Waals surface area contributed by atoms with Crippen LogP contribution in [0.15, 0.2) is 72.6 Å². The molecule has 4 rings (SSSR count). The van der Waals surface area contributed by atoms with Gasteiger partial charge in [0.05, 0.1) is 30.6 Å². The van der Waals surface area contributed by atoms with E-state index in [4.69, 9.17) is 4.74 Å². The summed E-state index contributed by atoms with van der Waals surface area (Å²) in [5.74, 6) is -1.06. The lowest BCUT2D eigenvalue weighted by atomic mass is 9.96. The monoisotopic (exact) mass is 415 g/mol. The number of rotatable bonds is 5. The molecule has 1 unspecified atom stereocenters. The van der Waals surface area contributed by atoms with Crippen molar-refractivity contribution in [3.05, 3.63) is 95.1 Å². The van der Waals surface area contributed by atoms with Gasteiger partial charge in [0, 0.05) is 18.0 Å². The Labute approximate surface area is 179 Å². The number of ether oxygens (including phenoxy) is 1. The van der Waals surface area contributed by atoms with E-state index in [9.17, 15) is 14.7 Å². The highest BCUT2D eigenvalue weighted by Gasteiger charge is 2.47. The molecule has 1 amide bonds. The van der Waals surface area contributed by atoms with Crippen LogP contribution in [0.3, 0.4) is 0 Å². The largest absolute Gasteiger partial charge is 0.507 e. The fourth-order valence-electron chi connectivity index (χ4n) is 3.73. The molecular weight excluding hydrogens is 394 g/mol. The first-order valence-corrected chi connectivity index (χ1v) is 9.75. The molecular formula is C24H21N3O4. The summed E-state index contributed by atoms with van der Waals surface area (Å²) in [6, 6.07) is 14.9. The van der Waals surface area contributed by atoms with Gasteiger partial charge >= 0.3 is 0 Å². The Balaban J connectivity index is 1.86. The first-order valence-electron chi connectivity index (χ1n) is 9.75. The molecule has 1 aliphatic rings. The summed E-state index contributed by atoms with van der Waals surface area (Å²) in [4.78, 5) is 36.1. The summed E-state index contributed by atoms with van der Waals surface area (Å²) in [7, 11) is 1.55. The van der Waals surface area contributed by atoms with E-state index in [0.717, 1.165) is 0 Å². The van der Waals surface area contributed by atoms with Crippen LogP contribution in [0.2, 0.25) is 0 Å². The lowest BCUT2D eigenvalue weighted by Crippen LogP contribution is -2.29. The second kappa shape index (κ2) is 8.39. The molecule has 1 fully saturated rings. The van der Waals surface area contributed by atoms with E-state index < -0.39 is 17.7 Å². The van der Waals surface area contributed by atoms with E-state index in [1.54, 1.807) is 75.0 Å². The third-order valence-electron chi connectivity index (χ3n) is 5.26. The Morgan fingerprint density at radius 2 is 1.81 bits per heavy atom. The zero-order chi connectivity index (χ0) is 22.0. The van der Waals surface area contributed by atoms with E-state index in [0.29, 0.717) is 28.3 Å². The van der Waals surface area contributed by atoms with Gasteiger partial charge in [0.25, 0.3) is 11.7 Å². The lowest BCUT2D eigenvalue weighted by molar-refractivity contribution is -0.140. The van der Waals surface area contributed by atoms with Crippen molar-refractivity contribution in [2.24, 2.45) is 0 Å². The van der Waals surface area contributed by atoms with Gasteiger partial charge in [-0.05, 0) is 55.0 Å². The minimum Gasteiger partial charge on any atom is -0.507 e. The molecule has 1 N–H and O–H groups in total. The second-order valence-electron chi connectivity index (χ2n) is 7.18. The molecule has 0 bridgehead atoms. The molecule has 0 spiro atoms. The van der Waals surface area contributed by atoms with Gasteiger partial charge in [0.15, 0.2) is 0 Å². The molecule has 31 heavy (non-hydrogen) atoms. The summed E-state index contributed by atoms with van der Waals surface area (Å²) in [6.45, 7) is 1.92. The van der Waals surface area contributed by atoms with Gasteiger partial charge in [0.2, 0.25) is 0 Å². The van der Waals surface area contributed by atoms with E-state index in [1.807, 2.05) is 6.07 Å². The summed E-state index contributed by atoms with van der Waals surface area (Å²) in [5, 5.41) is 11.2. The molecule has 0 aliphatic carbocycles. The Morgan fingerprint density at radius 3 is 2.42 bits per heavy atom. The number of methoxy groups -OCH3 is 1. The van der Waals surface area contributed by atoms with E-state index in [1.165, 1.54) is 4.90 Å². The van der Waals surface area contributed by atoms with Crippen LogP contribution in [-0.4, -0.2) is 38.8 Å². The van der Waals surface area contributed by atoms with E-state index in [-0.39, 0.29) is 17.9 Å². The fraction of sp³-hybridized carbons (Fsp3) is 0.167. The maximum absolute atomic E-state index is 13.1. The van der Waals surface area contributed by atoms with Gasteiger partial charge in [-0.15, -0.1) is 0 Å². The normalized spacial score (nSPS) is 17.7. The first kappa shape index (κ1) is 20.3. The van der Waals surface area contributed by atoms with Gasteiger partial charge in [-0.1, -0.05) is 12.1 Å². The van der Waals surface area contributed by atoms with Gasteiger partial charge in [-0.2, -0.15) is 0 Å². The number of aryl methyl sites for hydroxylation is 1. The topological polar surface area (TPSA) is 92.6 Å². The molecule has 0 radical (unpaired) electrons. The number of likely N-dealkylation sites (tertiary alicyclic amines) is 1. The van der Waals surface area contributed by atoms with Crippen molar-refractivity contribution in [1.29, 1.82) is 0 Å². The summed E-state index contributed by atoms with van der Waals surface area (Å²) < 4.78 is 5.22.